The molecule has 0 aliphatic carbocycles. The van der Waals surface area contributed by atoms with Gasteiger partial charge in [0.2, 0.25) is 0 Å². The standard InChI is InChI=1S/C20H20N6O3S2/c1-12-10-16(26(8-4-5-9-27)20-22-14(11-30-20)18(28)29)24-25-17(12)23-19-21-13-6-2-3-7-15(13)31-19/h2-3,6-7,10-11,27H,4-5,8-9H2,1H3,(H,28,29)(H,21,23,25). The maximum atomic E-state index is 11.2. The molecule has 9 nitrogen and oxygen atoms in total. The zero-order valence-corrected chi connectivity index (χ0v) is 18.3. The summed E-state index contributed by atoms with van der Waals surface area (Å²) >= 11 is 2.77. The molecule has 4 aromatic rings. The topological polar surface area (TPSA) is 124 Å². The van der Waals surface area contributed by atoms with Crippen LogP contribution in [0, 0.1) is 6.92 Å². The number of nitrogens with zero attached hydrogens (tertiary/aromatic N) is 5. The molecule has 4 rings (SSSR count). The smallest absolute Gasteiger partial charge is 0.355 e. The van der Waals surface area contributed by atoms with Crippen LogP contribution in [0.1, 0.15) is 28.9 Å². The predicted octanol–water partition coefficient (Wildman–Crippen LogP) is 4.20. The lowest BCUT2D eigenvalue weighted by molar-refractivity contribution is 0.0691. The summed E-state index contributed by atoms with van der Waals surface area (Å²) in [5.74, 6) is 0.0931. The Morgan fingerprint density at radius 1 is 1.19 bits per heavy atom. The van der Waals surface area contributed by atoms with Gasteiger partial charge in [0, 0.05) is 18.5 Å². The van der Waals surface area contributed by atoms with Crippen molar-refractivity contribution in [2.45, 2.75) is 19.8 Å². The molecule has 0 spiro atoms. The number of anilines is 4. The molecule has 0 amide bonds. The van der Waals surface area contributed by atoms with Gasteiger partial charge in [0.15, 0.2) is 27.6 Å². The summed E-state index contributed by atoms with van der Waals surface area (Å²) in [5, 5.41) is 33.0. The number of aromatic carboxylic acids is 1. The van der Waals surface area contributed by atoms with Gasteiger partial charge in [-0.05, 0) is 43.5 Å². The first-order valence-electron chi connectivity index (χ1n) is 9.59. The van der Waals surface area contributed by atoms with E-state index in [-0.39, 0.29) is 12.3 Å². The third-order valence-electron chi connectivity index (χ3n) is 4.50. The number of para-hydroxylation sites is 1. The van der Waals surface area contributed by atoms with E-state index in [1.165, 1.54) is 28.1 Å². The van der Waals surface area contributed by atoms with Crippen LogP contribution >= 0.6 is 22.7 Å². The van der Waals surface area contributed by atoms with Crippen LogP contribution in [0.4, 0.5) is 21.9 Å². The summed E-state index contributed by atoms with van der Waals surface area (Å²) in [6.45, 7) is 2.54. The second-order valence-corrected chi connectivity index (χ2v) is 8.62. The zero-order chi connectivity index (χ0) is 21.8. The Bertz CT molecular complexity index is 1180. The molecule has 11 heteroatoms. The lowest BCUT2D eigenvalue weighted by Crippen LogP contribution is -2.21. The lowest BCUT2D eigenvalue weighted by Gasteiger charge is -2.21. The van der Waals surface area contributed by atoms with Crippen LogP contribution < -0.4 is 10.2 Å². The van der Waals surface area contributed by atoms with Crippen LogP contribution in [-0.2, 0) is 0 Å². The van der Waals surface area contributed by atoms with Crippen molar-refractivity contribution in [1.29, 1.82) is 0 Å². The summed E-state index contributed by atoms with van der Waals surface area (Å²) in [4.78, 5) is 21.8. The van der Waals surface area contributed by atoms with E-state index in [0.717, 1.165) is 20.9 Å². The number of benzene rings is 1. The molecule has 0 atom stereocenters. The van der Waals surface area contributed by atoms with Crippen LogP contribution in [0.5, 0.6) is 0 Å². The number of aryl methyl sites for hydroxylation is 1. The van der Waals surface area contributed by atoms with Gasteiger partial charge in [0.1, 0.15) is 0 Å². The number of fused-ring (bicyclic) bond motifs is 1. The fourth-order valence-electron chi connectivity index (χ4n) is 2.93. The van der Waals surface area contributed by atoms with Crippen molar-refractivity contribution in [3.63, 3.8) is 0 Å². The van der Waals surface area contributed by atoms with Crippen molar-refractivity contribution in [2.75, 3.05) is 23.4 Å². The third-order valence-corrected chi connectivity index (χ3v) is 6.31. The second kappa shape index (κ2) is 9.33. The minimum Gasteiger partial charge on any atom is -0.476 e. The Hall–Kier alpha value is -3.15. The molecule has 1 aromatic carbocycles. The van der Waals surface area contributed by atoms with Gasteiger partial charge in [-0.25, -0.2) is 14.8 Å². The number of carboxylic acids is 1. The van der Waals surface area contributed by atoms with E-state index < -0.39 is 5.97 Å². The van der Waals surface area contributed by atoms with Gasteiger partial charge in [-0.1, -0.05) is 23.5 Å². The number of unbranched alkanes of at least 4 members (excludes halogenated alkanes) is 1. The molecule has 3 aromatic heterocycles. The van der Waals surface area contributed by atoms with Crippen molar-refractivity contribution >= 4 is 60.8 Å². The van der Waals surface area contributed by atoms with Gasteiger partial charge in [0.05, 0.1) is 10.2 Å². The Morgan fingerprint density at radius 3 is 2.74 bits per heavy atom. The van der Waals surface area contributed by atoms with E-state index in [1.807, 2.05) is 42.2 Å². The number of hydrogen-bond acceptors (Lipinski definition) is 10. The molecule has 0 aliphatic rings. The number of rotatable bonds is 9. The van der Waals surface area contributed by atoms with Gasteiger partial charge < -0.3 is 20.4 Å². The molecule has 160 valence electrons. The van der Waals surface area contributed by atoms with Crippen LogP contribution in [-0.4, -0.2) is 49.5 Å². The van der Waals surface area contributed by atoms with E-state index in [1.54, 1.807) is 0 Å². The first-order valence-corrected chi connectivity index (χ1v) is 11.3. The van der Waals surface area contributed by atoms with Gasteiger partial charge >= 0.3 is 5.97 Å². The second-order valence-electron chi connectivity index (χ2n) is 6.75. The Kier molecular flexibility index (Phi) is 6.35. The average molecular weight is 457 g/mol. The first-order chi connectivity index (χ1) is 15.0. The molecular formula is C20H20N6O3S2. The molecule has 0 saturated carbocycles. The Labute approximate surface area is 186 Å². The Balaban J connectivity index is 1.59. The van der Waals surface area contributed by atoms with Crippen LogP contribution in [0.3, 0.4) is 0 Å². The van der Waals surface area contributed by atoms with Crippen molar-refractivity contribution in [3.05, 3.63) is 47.0 Å². The number of hydrogen-bond donors (Lipinski definition) is 3. The van der Waals surface area contributed by atoms with Gasteiger partial charge in [-0.15, -0.1) is 21.5 Å². The third kappa shape index (κ3) is 4.79. The molecule has 0 radical (unpaired) electrons. The van der Waals surface area contributed by atoms with Gasteiger partial charge in [0.25, 0.3) is 0 Å². The maximum absolute atomic E-state index is 11.2. The van der Waals surface area contributed by atoms with E-state index >= 15 is 0 Å². The van der Waals surface area contributed by atoms with E-state index in [4.69, 9.17) is 5.11 Å². The van der Waals surface area contributed by atoms with Gasteiger partial charge in [-0.2, -0.15) is 0 Å². The molecule has 31 heavy (non-hydrogen) atoms. The number of thiazole rings is 2. The summed E-state index contributed by atoms with van der Waals surface area (Å²) in [6.07, 6.45) is 1.32. The molecule has 0 fully saturated rings. The largest absolute Gasteiger partial charge is 0.476 e. The molecule has 0 unspecified atom stereocenters. The number of aliphatic hydroxyl groups is 1. The summed E-state index contributed by atoms with van der Waals surface area (Å²) in [6, 6.07) is 9.78. The van der Waals surface area contributed by atoms with Crippen molar-refractivity contribution in [1.82, 2.24) is 20.2 Å². The van der Waals surface area contributed by atoms with Crippen molar-refractivity contribution in [3.8, 4) is 0 Å². The van der Waals surface area contributed by atoms with E-state index in [9.17, 15) is 9.90 Å². The summed E-state index contributed by atoms with van der Waals surface area (Å²) in [5.41, 5.74) is 1.78. The van der Waals surface area contributed by atoms with Gasteiger partial charge in [-0.3, -0.25) is 0 Å². The predicted molar refractivity (Wildman–Crippen MR) is 122 cm³/mol. The minimum absolute atomic E-state index is 0.00837. The number of carbonyl (C=O) groups is 1. The molecule has 3 heterocycles. The summed E-state index contributed by atoms with van der Waals surface area (Å²) in [7, 11) is 0. The first kappa shape index (κ1) is 21.1. The number of aliphatic hydroxyl groups excluding tert-OH is 1. The number of aromatic nitrogens is 4. The highest BCUT2D eigenvalue weighted by Crippen LogP contribution is 2.31. The molecular weight excluding hydrogens is 436 g/mol. The highest BCUT2D eigenvalue weighted by Gasteiger charge is 2.19. The molecule has 0 saturated heterocycles. The Morgan fingerprint density at radius 2 is 2.03 bits per heavy atom. The zero-order valence-electron chi connectivity index (χ0n) is 16.6. The lowest BCUT2D eigenvalue weighted by atomic mass is 10.2. The average Bonchev–Trinajstić information content (AvgIpc) is 3.40. The fourth-order valence-corrected chi connectivity index (χ4v) is 4.63. The summed E-state index contributed by atoms with van der Waals surface area (Å²) < 4.78 is 1.08. The van der Waals surface area contributed by atoms with Crippen LogP contribution in [0.25, 0.3) is 10.2 Å². The van der Waals surface area contributed by atoms with E-state index in [2.05, 4.69) is 25.5 Å². The quantitative estimate of drug-likeness (QED) is 0.318. The molecule has 3 N–H and O–H groups in total. The SMILES string of the molecule is Cc1cc(N(CCCCO)c2nc(C(=O)O)cs2)nnc1Nc1nc2ccccc2s1. The highest BCUT2D eigenvalue weighted by atomic mass is 32.1. The highest BCUT2D eigenvalue weighted by molar-refractivity contribution is 7.22. The number of carboxylic acid groups (broad SMARTS) is 1. The normalized spacial score (nSPS) is 11.0. The van der Waals surface area contributed by atoms with Crippen LogP contribution in [0.15, 0.2) is 35.7 Å². The van der Waals surface area contributed by atoms with Crippen molar-refractivity contribution in [2.24, 2.45) is 0 Å². The van der Waals surface area contributed by atoms with E-state index in [0.29, 0.717) is 36.2 Å². The molecule has 0 aliphatic heterocycles. The minimum atomic E-state index is -1.07. The monoisotopic (exact) mass is 456 g/mol. The maximum Gasteiger partial charge on any atom is 0.355 e. The molecule has 0 bridgehead atoms. The van der Waals surface area contributed by atoms with Crippen LogP contribution in [0.2, 0.25) is 0 Å². The number of nitrogens with one attached hydrogen (secondary N) is 1. The van der Waals surface area contributed by atoms with Crippen molar-refractivity contribution < 1.29 is 15.0 Å². The fraction of sp³-hybridized carbons (Fsp3) is 0.250.